The molecule has 0 saturated carbocycles. The molecule has 6 nitrogen and oxygen atoms in total. The summed E-state index contributed by atoms with van der Waals surface area (Å²) in [5.41, 5.74) is 3.95. The number of Topliss-reactive ketones (excluding diaryl/α,β-unsaturated/α-hetero) is 1. The largest absolute Gasteiger partial charge is 0.384 e. The fraction of sp³-hybridized carbons (Fsp3) is 0.154. The molecular formula is C13H11Cl2N3O3S. The van der Waals surface area contributed by atoms with Crippen LogP contribution in [0.3, 0.4) is 0 Å². The number of ketones is 1. The predicted octanol–water partition coefficient (Wildman–Crippen LogP) is 1.94. The van der Waals surface area contributed by atoms with Gasteiger partial charge >= 0.3 is 5.69 Å². The fourth-order valence-electron chi connectivity index (χ4n) is 1.71. The van der Waals surface area contributed by atoms with E-state index in [-0.39, 0.29) is 17.1 Å². The Morgan fingerprint density at radius 1 is 1.36 bits per heavy atom. The number of carbonyl (C=O) groups excluding carboxylic acids is 1. The number of halogens is 2. The predicted molar refractivity (Wildman–Crippen MR) is 88.2 cm³/mol. The maximum Gasteiger partial charge on any atom is 0.329 e. The van der Waals surface area contributed by atoms with Gasteiger partial charge in [-0.05, 0) is 18.2 Å². The Morgan fingerprint density at radius 2 is 2.05 bits per heavy atom. The van der Waals surface area contributed by atoms with E-state index in [4.69, 9.17) is 28.9 Å². The number of hydrogen-bond acceptors (Lipinski definition) is 5. The van der Waals surface area contributed by atoms with E-state index in [1.165, 1.54) is 7.05 Å². The van der Waals surface area contributed by atoms with Gasteiger partial charge in [0.2, 0.25) is 0 Å². The summed E-state index contributed by atoms with van der Waals surface area (Å²) in [6, 6.07) is 4.87. The van der Waals surface area contributed by atoms with Crippen molar-refractivity contribution in [1.29, 1.82) is 0 Å². The van der Waals surface area contributed by atoms with Gasteiger partial charge in [0.25, 0.3) is 5.56 Å². The number of nitrogens with two attached hydrogens (primary N) is 1. The molecule has 0 atom stereocenters. The number of carbonyl (C=O) groups is 1. The smallest absolute Gasteiger partial charge is 0.329 e. The van der Waals surface area contributed by atoms with Gasteiger partial charge in [0.15, 0.2) is 5.78 Å². The van der Waals surface area contributed by atoms with Crippen LogP contribution in [-0.2, 0) is 7.05 Å². The first-order valence-corrected chi connectivity index (χ1v) is 7.75. The van der Waals surface area contributed by atoms with Crippen molar-refractivity contribution in [1.82, 2.24) is 9.55 Å². The SMILES string of the molecule is Cn1c(N)c(C(=O)CSc2cc(Cl)ccc2Cl)c(=O)[nH]c1=O. The molecular weight excluding hydrogens is 349 g/mol. The van der Waals surface area contributed by atoms with Crippen LogP contribution < -0.4 is 17.0 Å². The highest BCUT2D eigenvalue weighted by Crippen LogP contribution is 2.30. The molecule has 0 unspecified atom stereocenters. The van der Waals surface area contributed by atoms with Gasteiger partial charge in [-0.25, -0.2) is 4.79 Å². The Kier molecular flexibility index (Phi) is 5.00. The summed E-state index contributed by atoms with van der Waals surface area (Å²) < 4.78 is 1.01. The van der Waals surface area contributed by atoms with Crippen molar-refractivity contribution in [2.24, 2.45) is 7.05 Å². The maximum absolute atomic E-state index is 12.2. The average molecular weight is 360 g/mol. The molecule has 1 heterocycles. The first-order valence-electron chi connectivity index (χ1n) is 6.01. The quantitative estimate of drug-likeness (QED) is 0.641. The van der Waals surface area contributed by atoms with Gasteiger partial charge in [0, 0.05) is 17.0 Å². The molecule has 3 N–H and O–H groups in total. The van der Waals surface area contributed by atoms with E-state index in [9.17, 15) is 14.4 Å². The number of nitrogen functional groups attached to an aromatic ring is 1. The van der Waals surface area contributed by atoms with E-state index in [0.29, 0.717) is 14.9 Å². The molecule has 22 heavy (non-hydrogen) atoms. The highest BCUT2D eigenvalue weighted by atomic mass is 35.5. The third-order valence-electron chi connectivity index (χ3n) is 2.90. The summed E-state index contributed by atoms with van der Waals surface area (Å²) >= 11 is 13.0. The van der Waals surface area contributed by atoms with Crippen molar-refractivity contribution in [2.45, 2.75) is 4.90 Å². The number of nitrogens with one attached hydrogen (secondary N) is 1. The van der Waals surface area contributed by atoms with Gasteiger partial charge in [-0.3, -0.25) is 19.1 Å². The highest BCUT2D eigenvalue weighted by molar-refractivity contribution is 8.00. The molecule has 2 aromatic rings. The topological polar surface area (TPSA) is 97.9 Å². The molecule has 0 aliphatic rings. The van der Waals surface area contributed by atoms with Gasteiger partial charge in [0.1, 0.15) is 11.4 Å². The van der Waals surface area contributed by atoms with Gasteiger partial charge in [-0.1, -0.05) is 23.2 Å². The Labute approximate surface area is 139 Å². The molecule has 9 heteroatoms. The first kappa shape index (κ1) is 16.7. The molecule has 0 radical (unpaired) electrons. The summed E-state index contributed by atoms with van der Waals surface area (Å²) in [4.78, 5) is 38.0. The van der Waals surface area contributed by atoms with Crippen molar-refractivity contribution < 1.29 is 4.79 Å². The van der Waals surface area contributed by atoms with Crippen molar-refractivity contribution in [3.63, 3.8) is 0 Å². The molecule has 0 aliphatic heterocycles. The lowest BCUT2D eigenvalue weighted by molar-refractivity contribution is 0.102. The number of anilines is 1. The Balaban J connectivity index is 2.27. The van der Waals surface area contributed by atoms with Crippen molar-refractivity contribution in [2.75, 3.05) is 11.5 Å². The average Bonchev–Trinajstić information content (AvgIpc) is 2.46. The molecule has 0 bridgehead atoms. The first-order chi connectivity index (χ1) is 10.3. The minimum absolute atomic E-state index is 0.0639. The zero-order chi connectivity index (χ0) is 16.4. The lowest BCUT2D eigenvalue weighted by Crippen LogP contribution is -2.35. The third kappa shape index (κ3) is 3.37. The van der Waals surface area contributed by atoms with Crippen LogP contribution in [0, 0.1) is 0 Å². The van der Waals surface area contributed by atoms with Crippen LogP contribution in [0.4, 0.5) is 5.82 Å². The summed E-state index contributed by atoms with van der Waals surface area (Å²) in [5.74, 6) is -0.738. The molecule has 0 aliphatic carbocycles. The van der Waals surface area contributed by atoms with E-state index in [1.54, 1.807) is 18.2 Å². The monoisotopic (exact) mass is 359 g/mol. The second-order valence-electron chi connectivity index (χ2n) is 4.37. The van der Waals surface area contributed by atoms with Crippen LogP contribution >= 0.6 is 35.0 Å². The van der Waals surface area contributed by atoms with Crippen LogP contribution in [-0.4, -0.2) is 21.1 Å². The van der Waals surface area contributed by atoms with E-state index < -0.39 is 17.0 Å². The number of nitrogens with zero attached hydrogens (tertiary/aromatic N) is 1. The summed E-state index contributed by atoms with van der Waals surface area (Å²) in [5, 5.41) is 0.934. The number of thioether (sulfide) groups is 1. The summed E-state index contributed by atoms with van der Waals surface area (Å²) in [7, 11) is 1.37. The van der Waals surface area contributed by atoms with E-state index in [1.807, 2.05) is 4.98 Å². The molecule has 0 saturated heterocycles. The molecule has 1 aromatic heterocycles. The Bertz CT molecular complexity index is 861. The van der Waals surface area contributed by atoms with Gasteiger partial charge in [0.05, 0.1) is 10.8 Å². The van der Waals surface area contributed by atoms with Crippen molar-refractivity contribution in [3.05, 3.63) is 54.6 Å². The Hall–Kier alpha value is -1.70. The van der Waals surface area contributed by atoms with Gasteiger partial charge < -0.3 is 5.73 Å². The number of H-pyrrole nitrogens is 1. The van der Waals surface area contributed by atoms with Gasteiger partial charge in [-0.2, -0.15) is 0 Å². The molecule has 0 amide bonds. The number of benzene rings is 1. The minimum atomic E-state index is -0.802. The minimum Gasteiger partial charge on any atom is -0.384 e. The Morgan fingerprint density at radius 3 is 2.73 bits per heavy atom. The van der Waals surface area contributed by atoms with Crippen LogP contribution in [0.5, 0.6) is 0 Å². The second-order valence-corrected chi connectivity index (χ2v) is 6.23. The highest BCUT2D eigenvalue weighted by Gasteiger charge is 2.18. The van der Waals surface area contributed by atoms with Gasteiger partial charge in [-0.15, -0.1) is 11.8 Å². The third-order valence-corrected chi connectivity index (χ3v) is 4.63. The normalized spacial score (nSPS) is 10.7. The van der Waals surface area contributed by atoms with Crippen LogP contribution in [0.15, 0.2) is 32.7 Å². The zero-order valence-electron chi connectivity index (χ0n) is 11.4. The number of rotatable bonds is 4. The number of aromatic nitrogens is 2. The summed E-state index contributed by atoms with van der Waals surface area (Å²) in [6.07, 6.45) is 0. The van der Waals surface area contributed by atoms with E-state index in [0.717, 1.165) is 16.3 Å². The maximum atomic E-state index is 12.2. The lowest BCUT2D eigenvalue weighted by atomic mass is 10.2. The number of aromatic amines is 1. The second kappa shape index (κ2) is 6.60. The van der Waals surface area contributed by atoms with E-state index in [2.05, 4.69) is 0 Å². The summed E-state index contributed by atoms with van der Waals surface area (Å²) in [6.45, 7) is 0. The molecule has 0 fully saturated rings. The lowest BCUT2D eigenvalue weighted by Gasteiger charge is -2.08. The van der Waals surface area contributed by atoms with Crippen LogP contribution in [0.1, 0.15) is 10.4 Å². The fourth-order valence-corrected chi connectivity index (χ4v) is 3.07. The molecule has 116 valence electrons. The molecule has 1 aromatic carbocycles. The van der Waals surface area contributed by atoms with E-state index >= 15 is 0 Å². The molecule has 0 spiro atoms. The van der Waals surface area contributed by atoms with Crippen molar-refractivity contribution >= 4 is 46.6 Å². The standard InChI is InChI=1S/C13H11Cl2N3O3S/c1-18-11(16)10(12(20)17-13(18)21)8(19)5-22-9-4-6(14)2-3-7(9)15/h2-4H,5,16H2,1H3,(H,17,20,21). The van der Waals surface area contributed by atoms with Crippen molar-refractivity contribution in [3.8, 4) is 0 Å². The molecule has 2 rings (SSSR count). The zero-order valence-corrected chi connectivity index (χ0v) is 13.7. The van der Waals surface area contributed by atoms with Crippen LogP contribution in [0.25, 0.3) is 0 Å². The van der Waals surface area contributed by atoms with Crippen LogP contribution in [0.2, 0.25) is 10.0 Å². The number of hydrogen-bond donors (Lipinski definition) is 2.